The van der Waals surface area contributed by atoms with Gasteiger partial charge < -0.3 is 16.0 Å². The first-order valence-corrected chi connectivity index (χ1v) is 8.35. The number of hydrogen-bond donors (Lipinski definition) is 2. The van der Waals surface area contributed by atoms with E-state index in [1.165, 1.54) is 25.7 Å². The van der Waals surface area contributed by atoms with Crippen molar-refractivity contribution in [2.75, 3.05) is 29.9 Å². The van der Waals surface area contributed by atoms with Gasteiger partial charge in [0.25, 0.3) is 0 Å². The number of fused-ring (bicyclic) bond motifs is 2. The summed E-state index contributed by atoms with van der Waals surface area (Å²) in [5, 5.41) is 11.9. The average molecular weight is 287 g/mol. The predicted octanol–water partition coefficient (Wildman–Crippen LogP) is 1.86. The Bertz CT molecular complexity index is 505. The fourth-order valence-electron chi connectivity index (χ4n) is 4.50. The summed E-state index contributed by atoms with van der Waals surface area (Å²) in [5.41, 5.74) is 7.13. The van der Waals surface area contributed by atoms with Crippen molar-refractivity contribution in [1.82, 2.24) is 10.2 Å². The molecule has 1 saturated heterocycles. The van der Waals surface area contributed by atoms with Gasteiger partial charge in [0.1, 0.15) is 0 Å². The second-order valence-electron chi connectivity index (χ2n) is 7.11. The summed E-state index contributed by atoms with van der Waals surface area (Å²) < 4.78 is 0. The molecular weight excluding hydrogens is 262 g/mol. The lowest BCUT2D eigenvalue weighted by Crippen LogP contribution is -2.26. The van der Waals surface area contributed by atoms with Crippen LogP contribution in [0.5, 0.6) is 0 Å². The van der Waals surface area contributed by atoms with E-state index in [9.17, 15) is 0 Å². The number of nitrogens with two attached hydrogens (primary N) is 1. The van der Waals surface area contributed by atoms with Gasteiger partial charge in [-0.25, -0.2) is 0 Å². The van der Waals surface area contributed by atoms with Crippen molar-refractivity contribution in [3.8, 4) is 0 Å². The molecule has 5 nitrogen and oxygen atoms in total. The molecule has 2 saturated carbocycles. The second-order valence-corrected chi connectivity index (χ2v) is 7.11. The summed E-state index contributed by atoms with van der Waals surface area (Å²) in [5.74, 6) is 3.71. The molecule has 2 aliphatic carbocycles. The van der Waals surface area contributed by atoms with Gasteiger partial charge in [-0.3, -0.25) is 0 Å². The molecular formula is C16H25N5. The van der Waals surface area contributed by atoms with Crippen LogP contribution in [0.4, 0.5) is 11.5 Å². The summed E-state index contributed by atoms with van der Waals surface area (Å²) in [6.45, 7) is 3.01. The number of hydrogen-bond acceptors (Lipinski definition) is 5. The lowest BCUT2D eigenvalue weighted by atomic mass is 9.89. The molecule has 21 heavy (non-hydrogen) atoms. The van der Waals surface area contributed by atoms with Crippen LogP contribution in [0.25, 0.3) is 0 Å². The Morgan fingerprint density at radius 2 is 2.24 bits per heavy atom. The molecule has 1 aliphatic heterocycles. The predicted molar refractivity (Wildman–Crippen MR) is 84.3 cm³/mol. The van der Waals surface area contributed by atoms with Crippen LogP contribution in [-0.2, 0) is 0 Å². The van der Waals surface area contributed by atoms with Gasteiger partial charge in [0, 0.05) is 31.7 Å². The lowest BCUT2D eigenvalue weighted by Gasteiger charge is -2.22. The first-order chi connectivity index (χ1) is 10.3. The molecule has 0 aromatic carbocycles. The largest absolute Gasteiger partial charge is 0.369 e. The van der Waals surface area contributed by atoms with E-state index < -0.39 is 0 Å². The van der Waals surface area contributed by atoms with Crippen molar-refractivity contribution in [2.24, 2.45) is 23.5 Å². The number of aromatic nitrogens is 2. The molecule has 2 heterocycles. The summed E-state index contributed by atoms with van der Waals surface area (Å²) in [7, 11) is 0. The van der Waals surface area contributed by atoms with Gasteiger partial charge in [-0.2, -0.15) is 5.10 Å². The molecule has 1 aromatic heterocycles. The van der Waals surface area contributed by atoms with Gasteiger partial charge in [-0.15, -0.1) is 5.10 Å². The maximum Gasteiger partial charge on any atom is 0.150 e. The molecule has 5 heteroatoms. The number of rotatable bonds is 4. The third kappa shape index (κ3) is 2.71. The van der Waals surface area contributed by atoms with E-state index in [0.29, 0.717) is 6.04 Å². The minimum Gasteiger partial charge on any atom is -0.369 e. The van der Waals surface area contributed by atoms with Crippen LogP contribution in [0, 0.1) is 17.8 Å². The van der Waals surface area contributed by atoms with E-state index in [2.05, 4.69) is 26.5 Å². The third-order valence-electron chi connectivity index (χ3n) is 5.66. The van der Waals surface area contributed by atoms with Crippen molar-refractivity contribution < 1.29 is 0 Å². The monoisotopic (exact) mass is 287 g/mol. The van der Waals surface area contributed by atoms with Gasteiger partial charge in [0.05, 0.1) is 11.9 Å². The maximum atomic E-state index is 5.98. The Labute approximate surface area is 126 Å². The van der Waals surface area contributed by atoms with E-state index >= 15 is 0 Å². The number of nitrogens with one attached hydrogen (secondary N) is 1. The molecule has 4 atom stereocenters. The molecule has 3 aliphatic rings. The molecule has 114 valence electrons. The molecule has 1 aromatic rings. The minimum atomic E-state index is 0.295. The van der Waals surface area contributed by atoms with Gasteiger partial charge in [0.15, 0.2) is 5.82 Å². The Morgan fingerprint density at radius 3 is 2.95 bits per heavy atom. The minimum absolute atomic E-state index is 0.295. The zero-order valence-electron chi connectivity index (χ0n) is 12.5. The van der Waals surface area contributed by atoms with Crippen LogP contribution in [0.2, 0.25) is 0 Å². The smallest absolute Gasteiger partial charge is 0.150 e. The van der Waals surface area contributed by atoms with E-state index in [1.807, 2.05) is 6.20 Å². The van der Waals surface area contributed by atoms with Crippen molar-refractivity contribution in [3.63, 3.8) is 0 Å². The third-order valence-corrected chi connectivity index (χ3v) is 5.66. The highest BCUT2D eigenvalue weighted by molar-refractivity contribution is 5.52. The standard InChI is InChI=1S/C16H25N5/c17-14-3-4-21(10-14)15-7-16(20-19-9-15)18-8-13-6-11-1-2-12(13)5-11/h7,9,11-14H,1-6,8,10,17H2,(H,18,20)/t11?,12?,13?,14-/m0/s1. The summed E-state index contributed by atoms with van der Waals surface area (Å²) in [6.07, 6.45) is 8.69. The maximum absolute atomic E-state index is 5.98. The average Bonchev–Trinajstić information content (AvgIpc) is 3.21. The van der Waals surface area contributed by atoms with Crippen LogP contribution in [0.1, 0.15) is 32.1 Å². The first-order valence-electron chi connectivity index (χ1n) is 8.35. The Kier molecular flexibility index (Phi) is 3.45. The van der Waals surface area contributed by atoms with Crippen molar-refractivity contribution in [1.29, 1.82) is 0 Å². The fraction of sp³-hybridized carbons (Fsp3) is 0.750. The fourth-order valence-corrected chi connectivity index (χ4v) is 4.50. The normalized spacial score (nSPS) is 34.6. The Hall–Kier alpha value is -1.36. The molecule has 2 bridgehead atoms. The summed E-state index contributed by atoms with van der Waals surface area (Å²) in [6, 6.07) is 2.42. The molecule has 4 rings (SSSR count). The van der Waals surface area contributed by atoms with Gasteiger partial charge in [-0.1, -0.05) is 6.42 Å². The Balaban J connectivity index is 1.37. The van der Waals surface area contributed by atoms with E-state index in [1.54, 1.807) is 0 Å². The van der Waals surface area contributed by atoms with Crippen LogP contribution in [-0.4, -0.2) is 35.9 Å². The van der Waals surface area contributed by atoms with Gasteiger partial charge >= 0.3 is 0 Å². The highest BCUT2D eigenvalue weighted by atomic mass is 15.2. The zero-order valence-corrected chi connectivity index (χ0v) is 12.5. The zero-order chi connectivity index (χ0) is 14.2. The van der Waals surface area contributed by atoms with Gasteiger partial charge in [-0.05, 0) is 43.4 Å². The first kappa shape index (κ1) is 13.3. The Morgan fingerprint density at radius 1 is 1.29 bits per heavy atom. The highest BCUT2D eigenvalue weighted by Crippen LogP contribution is 2.48. The summed E-state index contributed by atoms with van der Waals surface area (Å²) >= 11 is 0. The van der Waals surface area contributed by atoms with Crippen molar-refractivity contribution in [3.05, 3.63) is 12.3 Å². The van der Waals surface area contributed by atoms with Crippen LogP contribution in [0.3, 0.4) is 0 Å². The van der Waals surface area contributed by atoms with E-state index in [0.717, 1.165) is 55.3 Å². The van der Waals surface area contributed by atoms with Crippen molar-refractivity contribution in [2.45, 2.75) is 38.1 Å². The highest BCUT2D eigenvalue weighted by Gasteiger charge is 2.39. The van der Waals surface area contributed by atoms with Crippen LogP contribution < -0.4 is 16.0 Å². The van der Waals surface area contributed by atoms with E-state index in [-0.39, 0.29) is 0 Å². The topological polar surface area (TPSA) is 67.1 Å². The SMILES string of the molecule is N[C@H]1CCN(c2cnnc(NCC3CC4CCC3C4)c2)C1. The lowest BCUT2D eigenvalue weighted by molar-refractivity contribution is 0.348. The second kappa shape index (κ2) is 5.44. The molecule has 3 unspecified atom stereocenters. The van der Waals surface area contributed by atoms with Crippen LogP contribution >= 0.6 is 0 Å². The number of nitrogens with zero attached hydrogens (tertiary/aromatic N) is 3. The van der Waals surface area contributed by atoms with E-state index in [4.69, 9.17) is 5.73 Å². The molecule has 0 spiro atoms. The molecule has 3 N–H and O–H groups in total. The van der Waals surface area contributed by atoms with Crippen molar-refractivity contribution >= 4 is 11.5 Å². The summed E-state index contributed by atoms with van der Waals surface area (Å²) in [4.78, 5) is 2.31. The van der Waals surface area contributed by atoms with Gasteiger partial charge in [0.2, 0.25) is 0 Å². The quantitative estimate of drug-likeness (QED) is 0.885. The molecule has 0 amide bonds. The number of anilines is 2. The molecule has 0 radical (unpaired) electrons. The van der Waals surface area contributed by atoms with Crippen LogP contribution in [0.15, 0.2) is 12.3 Å². The molecule has 3 fully saturated rings.